The molecule has 4 atom stereocenters. The summed E-state index contributed by atoms with van der Waals surface area (Å²) in [6.07, 6.45) is -3.03. The number of rotatable bonds is 7. The molecular weight excluding hydrogens is 567 g/mol. The monoisotopic (exact) mass is 594 g/mol. The molecule has 3 heterocycles. The van der Waals surface area contributed by atoms with Gasteiger partial charge >= 0.3 is 23.7 Å². The quantitative estimate of drug-likeness (QED) is 0.268. The fraction of sp³-hybridized carbons (Fsp3) is 0.650. The molecule has 0 spiro atoms. The van der Waals surface area contributed by atoms with Crippen molar-refractivity contribution in [3.8, 4) is 0 Å². The van der Waals surface area contributed by atoms with Gasteiger partial charge < -0.3 is 23.7 Å². The van der Waals surface area contributed by atoms with Gasteiger partial charge in [-0.05, 0) is 29.5 Å². The lowest BCUT2D eigenvalue weighted by Crippen LogP contribution is -2.40. The number of aromatic nitrogens is 2. The van der Waals surface area contributed by atoms with E-state index in [0.29, 0.717) is 23.3 Å². The summed E-state index contributed by atoms with van der Waals surface area (Å²) in [6.45, 7) is 7.65. The highest BCUT2D eigenvalue weighted by atomic mass is 127. The fourth-order valence-electron chi connectivity index (χ4n) is 3.64. The van der Waals surface area contributed by atoms with E-state index < -0.39 is 48.3 Å². The summed E-state index contributed by atoms with van der Waals surface area (Å²) in [5, 5.41) is 2.46. The van der Waals surface area contributed by atoms with Crippen molar-refractivity contribution in [1.29, 1.82) is 0 Å². The van der Waals surface area contributed by atoms with Crippen LogP contribution in [-0.4, -0.2) is 90.2 Å². The second-order valence-electron chi connectivity index (χ2n) is 7.72. The van der Waals surface area contributed by atoms with Crippen molar-refractivity contribution in [3.63, 3.8) is 0 Å². The van der Waals surface area contributed by atoms with Crippen LogP contribution in [0.5, 0.6) is 0 Å². The van der Waals surface area contributed by atoms with Crippen LogP contribution in [0.2, 0.25) is 0 Å². The Balaban J connectivity index is 1.68. The number of carbonyl (C=O) groups excluding carboxylic acids is 3. The zero-order valence-corrected chi connectivity index (χ0v) is 21.2. The first-order chi connectivity index (χ1) is 16.2. The summed E-state index contributed by atoms with van der Waals surface area (Å²) >= 11 is 1.90. The van der Waals surface area contributed by atoms with Crippen LogP contribution >= 0.6 is 22.6 Å². The van der Waals surface area contributed by atoms with Crippen LogP contribution in [0.4, 0.5) is 10.6 Å². The first-order valence-corrected chi connectivity index (χ1v) is 11.8. The van der Waals surface area contributed by atoms with E-state index in [4.69, 9.17) is 23.7 Å². The predicted octanol–water partition coefficient (Wildman–Crippen LogP) is 0.509. The molecule has 13 nitrogen and oxygen atoms in total. The Labute approximate surface area is 209 Å². The third kappa shape index (κ3) is 6.86. The van der Waals surface area contributed by atoms with Crippen LogP contribution in [0.25, 0.3) is 0 Å². The number of halogens is 1. The van der Waals surface area contributed by atoms with Crippen molar-refractivity contribution >= 4 is 46.4 Å². The number of nitrogens with zero attached hydrogens (tertiary/aromatic N) is 3. The molecule has 1 aromatic rings. The number of carbonyl (C=O) groups is 3. The molecule has 14 heteroatoms. The number of hydrogen-bond acceptors (Lipinski definition) is 11. The van der Waals surface area contributed by atoms with Crippen LogP contribution in [0.3, 0.4) is 0 Å². The van der Waals surface area contributed by atoms with Gasteiger partial charge in [-0.3, -0.25) is 24.4 Å². The molecule has 0 aliphatic carbocycles. The highest BCUT2D eigenvalue weighted by Gasteiger charge is 2.48. The van der Waals surface area contributed by atoms with Crippen molar-refractivity contribution in [1.82, 2.24) is 14.5 Å². The van der Waals surface area contributed by atoms with Gasteiger partial charge in [0, 0.05) is 39.7 Å². The number of anilines is 1. The number of nitrogens with one attached hydrogen (secondary N) is 1. The van der Waals surface area contributed by atoms with Gasteiger partial charge in [-0.2, -0.15) is 4.98 Å². The van der Waals surface area contributed by atoms with E-state index in [2.05, 4.69) is 15.2 Å². The highest BCUT2D eigenvalue weighted by molar-refractivity contribution is 14.1. The third-order valence-electron chi connectivity index (χ3n) is 5.17. The second kappa shape index (κ2) is 11.9. The van der Waals surface area contributed by atoms with Gasteiger partial charge in [0.15, 0.2) is 24.3 Å². The highest BCUT2D eigenvalue weighted by Crippen LogP contribution is 2.33. The van der Waals surface area contributed by atoms with E-state index in [0.717, 1.165) is 17.7 Å². The minimum absolute atomic E-state index is 0.0184. The minimum atomic E-state index is -1.08. The number of morpholine rings is 1. The molecule has 2 aliphatic rings. The van der Waals surface area contributed by atoms with E-state index in [9.17, 15) is 19.2 Å². The van der Waals surface area contributed by atoms with Crippen molar-refractivity contribution in [2.24, 2.45) is 0 Å². The zero-order chi connectivity index (χ0) is 24.8. The molecule has 0 radical (unpaired) electrons. The van der Waals surface area contributed by atoms with Gasteiger partial charge in [0.1, 0.15) is 6.61 Å². The van der Waals surface area contributed by atoms with E-state index in [1.807, 2.05) is 22.6 Å². The lowest BCUT2D eigenvalue weighted by molar-refractivity contribution is -0.165. The van der Waals surface area contributed by atoms with Crippen LogP contribution in [-0.2, 0) is 33.3 Å². The molecular formula is C20H27IN4O9. The lowest BCUT2D eigenvalue weighted by Gasteiger charge is -2.26. The van der Waals surface area contributed by atoms with E-state index in [1.54, 1.807) is 6.92 Å². The molecule has 188 valence electrons. The topological polar surface area (TPSA) is 148 Å². The molecule has 2 fully saturated rings. The average Bonchev–Trinajstić information content (AvgIpc) is 3.05. The van der Waals surface area contributed by atoms with Crippen molar-refractivity contribution in [2.75, 3.05) is 44.8 Å². The van der Waals surface area contributed by atoms with Gasteiger partial charge in [-0.25, -0.2) is 9.59 Å². The number of amides is 1. The molecule has 0 aromatic carbocycles. The molecule has 2 unspecified atom stereocenters. The predicted molar refractivity (Wildman–Crippen MR) is 124 cm³/mol. The molecule has 34 heavy (non-hydrogen) atoms. The summed E-state index contributed by atoms with van der Waals surface area (Å²) in [5.41, 5.74) is -0.762. The van der Waals surface area contributed by atoms with Crippen LogP contribution in [0, 0.1) is 3.57 Å². The summed E-state index contributed by atoms with van der Waals surface area (Å²) < 4.78 is 28.3. The normalized spacial score (nSPS) is 24.9. The summed E-state index contributed by atoms with van der Waals surface area (Å²) in [5.74, 6) is -1.19. The first kappa shape index (κ1) is 26.3. The molecule has 2 aliphatic heterocycles. The van der Waals surface area contributed by atoms with Crippen molar-refractivity contribution in [3.05, 3.63) is 20.3 Å². The van der Waals surface area contributed by atoms with Gasteiger partial charge in [-0.1, -0.05) is 0 Å². The standard InChI is InChI=1S/C20H27IN4O9/c1-11-15(33-12(2)26)16(34-13(3)27)18(32-11)25-10-14(21)17(22-19(25)28)23-20(29)31-9-6-24-4-7-30-8-5-24/h10-11,15-16,18H,4-9H2,1-3H3,(H,22,23,28,29)/t11-,15?,16?,18-/m1/s1. The summed E-state index contributed by atoms with van der Waals surface area (Å²) in [6, 6.07) is 0. The van der Waals surface area contributed by atoms with Crippen LogP contribution in [0.1, 0.15) is 27.0 Å². The maximum atomic E-state index is 12.8. The van der Waals surface area contributed by atoms with E-state index in [1.165, 1.54) is 20.0 Å². The summed E-state index contributed by atoms with van der Waals surface area (Å²) in [4.78, 5) is 54.1. The SMILES string of the molecule is CC(=O)OC1C(OC(C)=O)[C@@H](C)O[C@H]1n1cc(I)c(NC(=O)OCCN2CCOCC2)nc1=O. The van der Waals surface area contributed by atoms with Gasteiger partial charge in [0.25, 0.3) is 0 Å². The maximum Gasteiger partial charge on any atom is 0.412 e. The van der Waals surface area contributed by atoms with Crippen LogP contribution < -0.4 is 11.0 Å². The molecule has 1 aromatic heterocycles. The number of ether oxygens (including phenoxy) is 5. The maximum absolute atomic E-state index is 12.8. The zero-order valence-electron chi connectivity index (χ0n) is 19.0. The smallest absolute Gasteiger partial charge is 0.412 e. The molecule has 2 saturated heterocycles. The largest absolute Gasteiger partial charge is 0.456 e. The molecule has 1 N–H and O–H groups in total. The third-order valence-corrected chi connectivity index (χ3v) is 5.96. The molecule has 0 saturated carbocycles. The van der Waals surface area contributed by atoms with E-state index in [-0.39, 0.29) is 12.4 Å². The summed E-state index contributed by atoms with van der Waals surface area (Å²) in [7, 11) is 0. The minimum Gasteiger partial charge on any atom is -0.456 e. The van der Waals surface area contributed by atoms with E-state index >= 15 is 0 Å². The Hall–Kier alpha value is -2.30. The first-order valence-electron chi connectivity index (χ1n) is 10.7. The van der Waals surface area contributed by atoms with Crippen molar-refractivity contribution in [2.45, 2.75) is 45.3 Å². The van der Waals surface area contributed by atoms with Gasteiger partial charge in [-0.15, -0.1) is 0 Å². The number of hydrogen-bond donors (Lipinski definition) is 1. The fourth-order valence-corrected chi connectivity index (χ4v) is 4.20. The Kier molecular flexibility index (Phi) is 9.21. The Bertz CT molecular complexity index is 966. The van der Waals surface area contributed by atoms with Crippen molar-refractivity contribution < 1.29 is 38.1 Å². The average molecular weight is 594 g/mol. The van der Waals surface area contributed by atoms with Gasteiger partial charge in [0.2, 0.25) is 0 Å². The lowest BCUT2D eigenvalue weighted by atomic mass is 10.1. The second-order valence-corrected chi connectivity index (χ2v) is 8.88. The van der Waals surface area contributed by atoms with Crippen LogP contribution in [0.15, 0.2) is 11.0 Å². The number of esters is 2. The van der Waals surface area contributed by atoms with Gasteiger partial charge in [0.05, 0.1) is 22.9 Å². The molecule has 1 amide bonds. The molecule has 0 bridgehead atoms. The molecule has 3 rings (SSSR count). The Morgan fingerprint density at radius 1 is 1.18 bits per heavy atom. The Morgan fingerprint density at radius 2 is 1.82 bits per heavy atom. The Morgan fingerprint density at radius 3 is 2.47 bits per heavy atom.